The summed E-state index contributed by atoms with van der Waals surface area (Å²) in [7, 11) is -3.48. The van der Waals surface area contributed by atoms with Gasteiger partial charge >= 0.3 is 5.97 Å². The SMILES string of the molecule is Cc1ccc(S(C)(=O)=O)cc1C(=O)OCc1nc2ccccc2c(=O)n1Cc1ccco1. The molecule has 4 rings (SSSR count). The van der Waals surface area contributed by atoms with Crippen molar-refractivity contribution < 1.29 is 22.4 Å². The van der Waals surface area contributed by atoms with Gasteiger partial charge in [0.15, 0.2) is 15.7 Å². The van der Waals surface area contributed by atoms with Crippen LogP contribution in [0.4, 0.5) is 0 Å². The number of hydrogen-bond acceptors (Lipinski definition) is 7. The molecule has 32 heavy (non-hydrogen) atoms. The summed E-state index contributed by atoms with van der Waals surface area (Å²) >= 11 is 0. The summed E-state index contributed by atoms with van der Waals surface area (Å²) in [5.74, 6) is 0.0868. The number of aromatic nitrogens is 2. The lowest BCUT2D eigenvalue weighted by Gasteiger charge is -2.14. The number of carbonyl (C=O) groups is 1. The number of aryl methyl sites for hydroxylation is 1. The third kappa shape index (κ3) is 4.33. The molecule has 0 radical (unpaired) electrons. The highest BCUT2D eigenvalue weighted by Crippen LogP contribution is 2.18. The van der Waals surface area contributed by atoms with Gasteiger partial charge in [-0.1, -0.05) is 18.2 Å². The fourth-order valence-electron chi connectivity index (χ4n) is 3.31. The minimum absolute atomic E-state index is 0.0219. The van der Waals surface area contributed by atoms with E-state index in [1.54, 1.807) is 49.4 Å². The Labute approximate surface area is 184 Å². The quantitative estimate of drug-likeness (QED) is 0.414. The molecule has 0 N–H and O–H groups in total. The first-order valence-electron chi connectivity index (χ1n) is 9.73. The average Bonchev–Trinajstić information content (AvgIpc) is 3.27. The molecule has 2 aromatic heterocycles. The van der Waals surface area contributed by atoms with Gasteiger partial charge in [0.2, 0.25) is 0 Å². The third-order valence-electron chi connectivity index (χ3n) is 5.02. The van der Waals surface area contributed by atoms with E-state index in [2.05, 4.69) is 4.98 Å². The Kier molecular flexibility index (Phi) is 5.67. The fraction of sp³-hybridized carbons (Fsp3) is 0.174. The molecule has 164 valence electrons. The maximum atomic E-state index is 13.1. The Balaban J connectivity index is 1.69. The molecule has 2 aromatic carbocycles. The van der Waals surface area contributed by atoms with Crippen LogP contribution in [-0.2, 0) is 27.7 Å². The van der Waals surface area contributed by atoms with E-state index >= 15 is 0 Å². The topological polar surface area (TPSA) is 108 Å². The number of benzene rings is 2. The Morgan fingerprint density at radius 1 is 1.12 bits per heavy atom. The van der Waals surface area contributed by atoms with Gasteiger partial charge in [-0.2, -0.15) is 0 Å². The van der Waals surface area contributed by atoms with Crippen molar-refractivity contribution in [2.24, 2.45) is 0 Å². The van der Waals surface area contributed by atoms with Crippen molar-refractivity contribution in [1.82, 2.24) is 9.55 Å². The molecule has 0 bridgehead atoms. The van der Waals surface area contributed by atoms with E-state index in [9.17, 15) is 18.0 Å². The number of esters is 1. The van der Waals surface area contributed by atoms with Crippen molar-refractivity contribution in [2.45, 2.75) is 25.0 Å². The number of nitrogens with zero attached hydrogens (tertiary/aromatic N) is 2. The molecular weight excluding hydrogens is 432 g/mol. The Morgan fingerprint density at radius 3 is 2.62 bits per heavy atom. The highest BCUT2D eigenvalue weighted by molar-refractivity contribution is 7.90. The number of rotatable bonds is 6. The lowest BCUT2D eigenvalue weighted by Crippen LogP contribution is -2.27. The van der Waals surface area contributed by atoms with Crippen molar-refractivity contribution >= 4 is 26.7 Å². The summed E-state index contributed by atoms with van der Waals surface area (Å²) in [6.45, 7) is 1.53. The van der Waals surface area contributed by atoms with Crippen LogP contribution >= 0.6 is 0 Å². The van der Waals surface area contributed by atoms with E-state index in [1.807, 2.05) is 0 Å². The Hall–Kier alpha value is -3.72. The number of para-hydroxylation sites is 1. The van der Waals surface area contributed by atoms with Gasteiger partial charge in [0.25, 0.3) is 5.56 Å². The first kappa shape index (κ1) is 21.5. The van der Waals surface area contributed by atoms with E-state index < -0.39 is 15.8 Å². The standard InChI is InChI=1S/C23H20N2O6S/c1-15-9-10-17(32(2,28)29)12-19(15)23(27)31-14-21-24-20-8-4-3-7-18(20)22(26)25(21)13-16-6-5-11-30-16/h3-12H,13-14H2,1-2H3. The van der Waals surface area contributed by atoms with Gasteiger partial charge in [-0.25, -0.2) is 18.2 Å². The molecule has 0 spiro atoms. The summed E-state index contributed by atoms with van der Waals surface area (Å²) in [5, 5.41) is 0.436. The van der Waals surface area contributed by atoms with E-state index in [4.69, 9.17) is 9.15 Å². The van der Waals surface area contributed by atoms with Crippen LogP contribution < -0.4 is 5.56 Å². The normalized spacial score (nSPS) is 11.6. The lowest BCUT2D eigenvalue weighted by molar-refractivity contribution is 0.0455. The van der Waals surface area contributed by atoms with E-state index in [0.717, 1.165) is 6.26 Å². The number of hydrogen-bond donors (Lipinski definition) is 0. The highest BCUT2D eigenvalue weighted by Gasteiger charge is 2.18. The van der Waals surface area contributed by atoms with Crippen LogP contribution in [-0.4, -0.2) is 30.2 Å². The van der Waals surface area contributed by atoms with Gasteiger partial charge in [0.1, 0.15) is 12.4 Å². The number of furan rings is 1. The lowest BCUT2D eigenvalue weighted by atomic mass is 10.1. The summed E-state index contributed by atoms with van der Waals surface area (Å²) in [6.07, 6.45) is 2.57. The van der Waals surface area contributed by atoms with E-state index in [0.29, 0.717) is 22.2 Å². The first-order valence-corrected chi connectivity index (χ1v) is 11.6. The molecule has 0 unspecified atom stereocenters. The predicted molar refractivity (Wildman–Crippen MR) is 117 cm³/mol. The van der Waals surface area contributed by atoms with Gasteiger partial charge in [0.05, 0.1) is 34.2 Å². The summed E-state index contributed by atoms with van der Waals surface area (Å²) in [4.78, 5) is 30.3. The Bertz CT molecular complexity index is 1470. The second kappa shape index (κ2) is 8.43. The number of sulfone groups is 1. The molecule has 9 heteroatoms. The highest BCUT2D eigenvalue weighted by atomic mass is 32.2. The van der Waals surface area contributed by atoms with Crippen LogP contribution in [0.15, 0.2) is 75.0 Å². The van der Waals surface area contributed by atoms with Gasteiger partial charge in [-0.05, 0) is 48.9 Å². The van der Waals surface area contributed by atoms with Crippen molar-refractivity contribution in [3.63, 3.8) is 0 Å². The molecule has 0 aliphatic carbocycles. The van der Waals surface area contributed by atoms with E-state index in [1.165, 1.54) is 23.0 Å². The minimum atomic E-state index is -3.48. The number of fused-ring (bicyclic) bond motifs is 1. The molecule has 8 nitrogen and oxygen atoms in total. The maximum absolute atomic E-state index is 13.1. The molecule has 0 aliphatic heterocycles. The smallest absolute Gasteiger partial charge is 0.338 e. The van der Waals surface area contributed by atoms with Gasteiger partial charge < -0.3 is 9.15 Å². The van der Waals surface area contributed by atoms with Crippen molar-refractivity contribution in [3.8, 4) is 0 Å². The molecule has 4 aromatic rings. The van der Waals surface area contributed by atoms with Crippen molar-refractivity contribution in [1.29, 1.82) is 0 Å². The van der Waals surface area contributed by atoms with Crippen molar-refractivity contribution in [3.05, 3.63) is 93.9 Å². The van der Waals surface area contributed by atoms with Gasteiger partial charge in [-0.3, -0.25) is 9.36 Å². The molecule has 2 heterocycles. The zero-order valence-electron chi connectivity index (χ0n) is 17.4. The minimum Gasteiger partial charge on any atom is -0.467 e. The predicted octanol–water partition coefficient (Wildman–Crippen LogP) is 3.11. The van der Waals surface area contributed by atoms with E-state index in [-0.39, 0.29) is 35.0 Å². The second-order valence-electron chi connectivity index (χ2n) is 7.34. The fourth-order valence-corrected chi connectivity index (χ4v) is 3.95. The number of carbonyl (C=O) groups excluding carboxylic acids is 1. The third-order valence-corrected chi connectivity index (χ3v) is 6.13. The molecule has 0 fully saturated rings. The molecule has 0 atom stereocenters. The largest absolute Gasteiger partial charge is 0.467 e. The maximum Gasteiger partial charge on any atom is 0.338 e. The summed E-state index contributed by atoms with van der Waals surface area (Å²) in [5.41, 5.74) is 0.901. The first-order chi connectivity index (χ1) is 15.2. The molecular formula is C23H20N2O6S. The van der Waals surface area contributed by atoms with Crippen LogP contribution in [0.1, 0.15) is 27.5 Å². The number of ether oxygens (including phenoxy) is 1. The summed E-state index contributed by atoms with van der Waals surface area (Å²) < 4.78 is 35.9. The molecule has 0 saturated carbocycles. The van der Waals surface area contributed by atoms with Crippen LogP contribution in [0.3, 0.4) is 0 Å². The van der Waals surface area contributed by atoms with Gasteiger partial charge in [-0.15, -0.1) is 0 Å². The Morgan fingerprint density at radius 2 is 1.91 bits per heavy atom. The second-order valence-corrected chi connectivity index (χ2v) is 9.36. The van der Waals surface area contributed by atoms with Crippen LogP contribution in [0.2, 0.25) is 0 Å². The van der Waals surface area contributed by atoms with Crippen LogP contribution in [0, 0.1) is 6.92 Å². The van der Waals surface area contributed by atoms with Crippen molar-refractivity contribution in [2.75, 3.05) is 6.26 Å². The monoisotopic (exact) mass is 452 g/mol. The summed E-state index contributed by atoms with van der Waals surface area (Å²) in [6, 6.07) is 14.6. The van der Waals surface area contributed by atoms with Gasteiger partial charge in [0, 0.05) is 6.26 Å². The van der Waals surface area contributed by atoms with Crippen LogP contribution in [0.5, 0.6) is 0 Å². The average molecular weight is 452 g/mol. The zero-order valence-corrected chi connectivity index (χ0v) is 18.3. The molecule has 0 amide bonds. The zero-order chi connectivity index (χ0) is 22.9. The molecule has 0 saturated heterocycles. The van der Waals surface area contributed by atoms with Crippen LogP contribution in [0.25, 0.3) is 10.9 Å². The molecule has 0 aliphatic rings.